The summed E-state index contributed by atoms with van der Waals surface area (Å²) in [5, 5.41) is 0. The maximum absolute atomic E-state index is 3.87. The fourth-order valence-corrected chi connectivity index (χ4v) is 0.385. The first kappa shape index (κ1) is 14.8. The van der Waals surface area contributed by atoms with Crippen LogP contribution in [0.15, 0.2) is 36.4 Å². The molecule has 0 aliphatic carbocycles. The number of benzene rings is 1. The predicted molar refractivity (Wildman–Crippen MR) is 80.4 cm³/mol. The van der Waals surface area contributed by atoms with Gasteiger partial charge in [0.2, 0.25) is 0 Å². The van der Waals surface area contributed by atoms with Crippen molar-refractivity contribution in [3.63, 3.8) is 0 Å². The van der Waals surface area contributed by atoms with Crippen molar-refractivity contribution in [3.8, 4) is 0 Å². The van der Waals surface area contributed by atoms with E-state index in [2.05, 4.69) is 66.3 Å². The molecule has 0 spiro atoms. The molecule has 0 N–H and O–H groups in total. The van der Waals surface area contributed by atoms with Gasteiger partial charge in [0, 0.05) is 0 Å². The van der Waals surface area contributed by atoms with Gasteiger partial charge < -0.3 is 0 Å². The molecule has 0 nitrogen and oxygen atoms in total. The topological polar surface area (TPSA) is 0 Å². The Hall–Kier alpha value is 1.84. The second-order valence-electron chi connectivity index (χ2n) is 2.06. The first-order valence-corrected chi connectivity index (χ1v) is 12.0. The molecule has 13 heavy (non-hydrogen) atoms. The Bertz CT molecular complexity index is 209. The van der Waals surface area contributed by atoms with Crippen LogP contribution in [0.5, 0.6) is 0 Å². The van der Waals surface area contributed by atoms with Crippen molar-refractivity contribution < 1.29 is 4.01 Å². The van der Waals surface area contributed by atoms with Crippen LogP contribution in [0, 0.1) is 0 Å². The Morgan fingerprint density at radius 3 is 0.615 bits per heavy atom. The van der Waals surface area contributed by atoms with Crippen LogP contribution in [0.2, 0.25) is 0 Å². The van der Waals surface area contributed by atoms with E-state index in [0.29, 0.717) is 0 Å². The smallest absolute Gasteiger partial charge is 0.0623 e. The summed E-state index contributed by atoms with van der Waals surface area (Å²) < 4.78 is -3.27. The summed E-state index contributed by atoms with van der Waals surface area (Å²) in [4.78, 5) is 0. The van der Waals surface area contributed by atoms with Gasteiger partial charge in [0.25, 0.3) is 0 Å². The molecular weight excluding hydrogens is 328 g/mol. The van der Waals surface area contributed by atoms with Crippen LogP contribution in [0.4, 0.5) is 0 Å². The summed E-state index contributed by atoms with van der Waals surface area (Å²) in [7, 11) is 0. The number of thiol groups is 6. The van der Waals surface area contributed by atoms with Gasteiger partial charge in [-0.05, 0) is 0 Å². The molecule has 0 radical (unpaired) electrons. The van der Waals surface area contributed by atoms with Crippen LogP contribution in [0.25, 0.3) is 0 Å². The van der Waals surface area contributed by atoms with Gasteiger partial charge in [-0.25, -0.2) is 0 Å². The fourth-order valence-electron chi connectivity index (χ4n) is 0.385. The second-order valence-corrected chi connectivity index (χ2v) is 34.7. The van der Waals surface area contributed by atoms with Gasteiger partial charge >= 0.3 is 70.3 Å². The van der Waals surface area contributed by atoms with E-state index >= 15 is 0 Å². The van der Waals surface area contributed by atoms with Crippen molar-refractivity contribution in [2.45, 2.75) is 0 Å². The van der Waals surface area contributed by atoms with Crippen molar-refractivity contribution in [3.05, 3.63) is 36.4 Å². The molecule has 0 atom stereocenters. The van der Waals surface area contributed by atoms with E-state index in [1.165, 1.54) is 0 Å². The molecule has 0 bridgehead atoms. The molecule has 83 valence electrons. The number of hydrogen-bond donors (Lipinski definition) is 6. The molecule has 1 aromatic carbocycles. The summed E-state index contributed by atoms with van der Waals surface area (Å²) in [6.45, 7) is 0. The molecule has 0 aliphatic rings. The fraction of sp³-hybridized carbons (Fsp3) is 0. The van der Waals surface area contributed by atoms with E-state index in [4.69, 9.17) is 0 Å². The number of rotatable bonds is 0. The monoisotopic (exact) mass is 339 g/mol. The van der Waals surface area contributed by atoms with Gasteiger partial charge in [0.15, 0.2) is 0 Å². The van der Waals surface area contributed by atoms with Crippen LogP contribution in [-0.4, -0.2) is 0 Å². The Balaban J connectivity index is 0.000000223. The first-order chi connectivity index (χ1) is 5.45. The normalized spacial score (nSPS) is 16.2. The van der Waals surface area contributed by atoms with Crippen LogP contribution in [-0.2, 0) is 4.01 Å². The molecule has 1 aromatic rings. The molecule has 7 heteroatoms. The molecule has 0 fully saturated rings. The van der Waals surface area contributed by atoms with Crippen molar-refractivity contribution in [1.82, 2.24) is 0 Å². The molecule has 0 amide bonds. The summed E-state index contributed by atoms with van der Waals surface area (Å²) in [5.74, 6) is 0. The molecule has 0 aromatic heterocycles. The van der Waals surface area contributed by atoms with Gasteiger partial charge in [-0.1, -0.05) is 36.4 Å². The van der Waals surface area contributed by atoms with Gasteiger partial charge in [0.05, 0.1) is 0 Å². The largest absolute Gasteiger partial charge is 0.0623 e. The minimum atomic E-state index is -3.27. The third-order valence-corrected chi connectivity index (χ3v) is 0.667. The summed E-state index contributed by atoms with van der Waals surface area (Å²) in [6, 6.07) is 12.0. The van der Waals surface area contributed by atoms with Crippen LogP contribution >= 0.6 is 66.3 Å². The standard InChI is InChI=1S/C6H6.Cu.6H2S/c1-2-4-6-5-3-1;;;;;;;/h1-6H;;6*1H2/q;+6;;;;;;/p-6. The molecule has 0 saturated heterocycles. The third kappa shape index (κ3) is 31.6. The Morgan fingerprint density at radius 2 is 0.538 bits per heavy atom. The van der Waals surface area contributed by atoms with Gasteiger partial charge in [0.1, 0.15) is 0 Å². The Labute approximate surface area is 105 Å². The van der Waals surface area contributed by atoms with E-state index in [0.717, 1.165) is 0 Å². The van der Waals surface area contributed by atoms with Crippen molar-refractivity contribution in [1.29, 1.82) is 0 Å². The van der Waals surface area contributed by atoms with Crippen molar-refractivity contribution >= 4 is 66.3 Å². The molecule has 0 saturated carbocycles. The second kappa shape index (κ2) is 4.37. The first-order valence-electron chi connectivity index (χ1n) is 2.81. The van der Waals surface area contributed by atoms with Crippen LogP contribution in [0.1, 0.15) is 0 Å². The molecule has 0 unspecified atom stereocenters. The molecule has 1 rings (SSSR count). The van der Waals surface area contributed by atoms with E-state index in [9.17, 15) is 0 Å². The van der Waals surface area contributed by atoms with Gasteiger partial charge in [-0.2, -0.15) is 0 Å². The van der Waals surface area contributed by atoms with Crippen molar-refractivity contribution in [2.24, 2.45) is 0 Å². The SMILES string of the molecule is [SH][Cu]([SH])([SH])([SH])([SH])[SH].c1ccccc1. The Kier molecular flexibility index (Phi) is 4.99. The van der Waals surface area contributed by atoms with Crippen LogP contribution < -0.4 is 0 Å². The van der Waals surface area contributed by atoms with E-state index < -0.39 is 4.01 Å². The zero-order valence-corrected chi connectivity index (χ0v) is 12.8. The predicted octanol–water partition coefficient (Wildman–Crippen LogP) is 3.97. The maximum atomic E-state index is 3.87. The minimum absolute atomic E-state index is 2.00. The summed E-state index contributed by atoms with van der Waals surface area (Å²) in [5.41, 5.74) is 0. The Morgan fingerprint density at radius 1 is 0.462 bits per heavy atom. The van der Waals surface area contributed by atoms with Gasteiger partial charge in [-0.3, -0.25) is 0 Å². The molecule has 0 heterocycles. The summed E-state index contributed by atoms with van der Waals surface area (Å²) in [6.07, 6.45) is 0. The molecular formula is C6H12CuS6. The van der Waals surface area contributed by atoms with Gasteiger partial charge in [-0.15, -0.1) is 0 Å². The minimum Gasteiger partial charge on any atom is -0.0623 e. The van der Waals surface area contributed by atoms with E-state index in [-0.39, 0.29) is 0 Å². The van der Waals surface area contributed by atoms with E-state index in [1.54, 1.807) is 0 Å². The molecule has 0 aliphatic heterocycles. The van der Waals surface area contributed by atoms with Crippen molar-refractivity contribution in [2.75, 3.05) is 0 Å². The average molecular weight is 340 g/mol. The summed E-state index contributed by atoms with van der Waals surface area (Å²) >= 11 is 23.2. The van der Waals surface area contributed by atoms with E-state index in [1.807, 2.05) is 36.4 Å². The zero-order valence-electron chi connectivity index (χ0n) is 6.45. The van der Waals surface area contributed by atoms with Crippen LogP contribution in [0.3, 0.4) is 0 Å². The number of hydrogen-bond acceptors (Lipinski definition) is 6. The maximum Gasteiger partial charge on any atom is -0.0623 e. The average Bonchev–Trinajstić information content (AvgIpc) is 1.84. The third-order valence-electron chi connectivity index (χ3n) is 0.667. The zero-order chi connectivity index (χ0) is 10.7. The quantitative estimate of drug-likeness (QED) is 0.299.